The lowest BCUT2D eigenvalue weighted by molar-refractivity contribution is 0.423. The third-order valence-corrected chi connectivity index (χ3v) is 3.65. The molecule has 0 aliphatic heterocycles. The molecule has 1 N–H and O–H groups in total. The van der Waals surface area contributed by atoms with Gasteiger partial charge in [0, 0.05) is 12.3 Å². The van der Waals surface area contributed by atoms with E-state index in [1.54, 1.807) is 6.92 Å². The number of imidazole rings is 1. The van der Waals surface area contributed by atoms with Gasteiger partial charge >= 0.3 is 0 Å². The molecule has 1 aromatic rings. The van der Waals surface area contributed by atoms with Crippen LogP contribution < -0.4 is 0 Å². The van der Waals surface area contributed by atoms with Gasteiger partial charge < -0.3 is 5.11 Å². The van der Waals surface area contributed by atoms with Gasteiger partial charge in [-0.15, -0.1) is 4.91 Å². The Morgan fingerprint density at radius 3 is 2.73 bits per heavy atom. The first-order valence-electron chi connectivity index (χ1n) is 4.28. The number of rotatable bonds is 5. The minimum Gasteiger partial charge on any atom is -0.492 e. The molecule has 1 rings (SSSR count). The molecule has 0 spiro atoms. The van der Waals surface area contributed by atoms with Crippen LogP contribution in [0, 0.1) is 4.91 Å². The van der Waals surface area contributed by atoms with Crippen molar-refractivity contribution in [2.75, 3.05) is 11.5 Å². The number of hydrogen-bond donors (Lipinski definition) is 1. The van der Waals surface area contributed by atoms with Gasteiger partial charge in [-0.1, -0.05) is 6.92 Å². The quantitative estimate of drug-likeness (QED) is 0.742. The molecule has 0 fully saturated rings. The normalized spacial score (nSPS) is 11.5. The summed E-state index contributed by atoms with van der Waals surface area (Å²) in [6, 6.07) is 0. The Balaban J connectivity index is 2.74. The van der Waals surface area contributed by atoms with Crippen LogP contribution >= 0.6 is 0 Å². The van der Waals surface area contributed by atoms with E-state index in [1.807, 2.05) is 0 Å². The number of nitroso groups, excluding NO2 is 1. The Morgan fingerprint density at radius 1 is 1.60 bits per heavy atom. The number of aryl methyl sites for hydroxylation is 1. The van der Waals surface area contributed by atoms with Gasteiger partial charge in [-0.25, -0.2) is 13.4 Å². The zero-order chi connectivity index (χ0) is 11.5. The molecule has 8 heteroatoms. The van der Waals surface area contributed by atoms with Gasteiger partial charge in [-0.05, 0) is 5.18 Å². The van der Waals surface area contributed by atoms with Crippen LogP contribution in [-0.2, 0) is 16.4 Å². The van der Waals surface area contributed by atoms with Gasteiger partial charge in [0.2, 0.25) is 5.88 Å². The summed E-state index contributed by atoms with van der Waals surface area (Å²) in [7, 11) is -3.10. The first-order chi connectivity index (χ1) is 7.00. The number of aromatic nitrogens is 2. The molecular weight excluding hydrogens is 222 g/mol. The monoisotopic (exact) mass is 233 g/mol. The first kappa shape index (κ1) is 11.6. The van der Waals surface area contributed by atoms with E-state index >= 15 is 0 Å². The van der Waals surface area contributed by atoms with Gasteiger partial charge in [0.15, 0.2) is 9.84 Å². The average molecular weight is 233 g/mol. The summed E-state index contributed by atoms with van der Waals surface area (Å²) in [5.74, 6) is -0.798. The summed E-state index contributed by atoms with van der Waals surface area (Å²) < 4.78 is 23.5. The fraction of sp³-hybridized carbons (Fsp3) is 0.571. The van der Waals surface area contributed by atoms with Gasteiger partial charge in [0.25, 0.3) is 5.82 Å². The topological polar surface area (TPSA) is 102 Å². The Hall–Kier alpha value is -1.44. The SMILES string of the molecule is CCS(=O)(=O)CCn1cnc(N=O)c1O. The molecule has 0 saturated heterocycles. The molecule has 15 heavy (non-hydrogen) atoms. The molecule has 0 atom stereocenters. The molecule has 0 aromatic carbocycles. The second-order valence-electron chi connectivity index (χ2n) is 2.91. The molecule has 0 radical (unpaired) electrons. The highest BCUT2D eigenvalue weighted by molar-refractivity contribution is 7.91. The maximum absolute atomic E-state index is 11.2. The van der Waals surface area contributed by atoms with Crippen molar-refractivity contribution in [1.29, 1.82) is 0 Å². The summed E-state index contributed by atoms with van der Waals surface area (Å²) in [6.45, 7) is 1.60. The highest BCUT2D eigenvalue weighted by Crippen LogP contribution is 2.23. The molecule has 0 unspecified atom stereocenters. The lowest BCUT2D eigenvalue weighted by atomic mass is 10.6. The van der Waals surface area contributed by atoms with Crippen molar-refractivity contribution in [3.8, 4) is 5.88 Å². The first-order valence-corrected chi connectivity index (χ1v) is 6.10. The van der Waals surface area contributed by atoms with E-state index in [0.29, 0.717) is 0 Å². The summed E-state index contributed by atoms with van der Waals surface area (Å²) in [6.07, 6.45) is 1.18. The van der Waals surface area contributed by atoms with E-state index in [0.717, 1.165) is 0 Å². The Labute approximate surface area is 86.6 Å². The zero-order valence-electron chi connectivity index (χ0n) is 8.12. The van der Waals surface area contributed by atoms with Crippen molar-refractivity contribution >= 4 is 15.7 Å². The molecule has 0 bridgehead atoms. The van der Waals surface area contributed by atoms with Crippen LogP contribution in [0.1, 0.15) is 6.92 Å². The van der Waals surface area contributed by atoms with E-state index in [1.165, 1.54) is 10.9 Å². The number of hydrogen-bond acceptors (Lipinski definition) is 6. The Kier molecular flexibility index (Phi) is 3.40. The maximum atomic E-state index is 11.2. The van der Waals surface area contributed by atoms with Crippen molar-refractivity contribution in [3.63, 3.8) is 0 Å². The fourth-order valence-electron chi connectivity index (χ4n) is 0.975. The van der Waals surface area contributed by atoms with Gasteiger partial charge in [0.1, 0.15) is 6.33 Å². The molecule has 0 aliphatic rings. The predicted molar refractivity (Wildman–Crippen MR) is 53.7 cm³/mol. The Bertz CT molecular complexity index is 451. The zero-order valence-corrected chi connectivity index (χ0v) is 8.94. The van der Waals surface area contributed by atoms with Crippen molar-refractivity contribution in [2.24, 2.45) is 5.18 Å². The number of aromatic hydroxyl groups is 1. The van der Waals surface area contributed by atoms with Crippen molar-refractivity contribution < 1.29 is 13.5 Å². The summed E-state index contributed by atoms with van der Waals surface area (Å²) >= 11 is 0. The highest BCUT2D eigenvalue weighted by Gasteiger charge is 2.13. The van der Waals surface area contributed by atoms with Crippen molar-refractivity contribution in [3.05, 3.63) is 11.2 Å². The molecule has 1 heterocycles. The highest BCUT2D eigenvalue weighted by atomic mass is 32.2. The van der Waals surface area contributed by atoms with Crippen LogP contribution in [0.5, 0.6) is 5.88 Å². The molecule has 0 aliphatic carbocycles. The van der Waals surface area contributed by atoms with Gasteiger partial charge in [-0.2, -0.15) is 0 Å². The Morgan fingerprint density at radius 2 is 2.27 bits per heavy atom. The summed E-state index contributed by atoms with van der Waals surface area (Å²) in [4.78, 5) is 13.6. The molecule has 1 aromatic heterocycles. The third-order valence-electron chi connectivity index (χ3n) is 1.96. The lowest BCUT2D eigenvalue weighted by Gasteiger charge is -2.03. The average Bonchev–Trinajstić information content (AvgIpc) is 2.57. The summed E-state index contributed by atoms with van der Waals surface area (Å²) in [5.41, 5.74) is 0. The standard InChI is InChI=1S/C7H11N3O4S/c1-2-15(13,14)4-3-10-5-8-6(9-12)7(10)11/h5,11H,2-4H2,1H3. The van der Waals surface area contributed by atoms with E-state index in [4.69, 9.17) is 0 Å². The number of sulfone groups is 1. The molecular formula is C7H11N3O4S. The third kappa shape index (κ3) is 2.75. The second-order valence-corrected chi connectivity index (χ2v) is 5.39. The molecule has 0 saturated carbocycles. The van der Waals surface area contributed by atoms with Crippen molar-refractivity contribution in [2.45, 2.75) is 13.5 Å². The summed E-state index contributed by atoms with van der Waals surface area (Å²) in [5, 5.41) is 11.8. The minimum absolute atomic E-state index is 0.0429. The van der Waals surface area contributed by atoms with E-state index in [2.05, 4.69) is 10.2 Å². The largest absolute Gasteiger partial charge is 0.492 e. The van der Waals surface area contributed by atoms with Crippen LogP contribution in [0.4, 0.5) is 5.82 Å². The number of nitrogens with zero attached hydrogens (tertiary/aromatic N) is 3. The fourth-order valence-corrected chi connectivity index (χ4v) is 1.74. The lowest BCUT2D eigenvalue weighted by Crippen LogP contribution is -2.13. The smallest absolute Gasteiger partial charge is 0.258 e. The molecule has 84 valence electrons. The van der Waals surface area contributed by atoms with E-state index in [9.17, 15) is 18.4 Å². The van der Waals surface area contributed by atoms with Crippen LogP contribution in [0.2, 0.25) is 0 Å². The van der Waals surface area contributed by atoms with Crippen LogP contribution in [0.15, 0.2) is 11.5 Å². The minimum atomic E-state index is -3.10. The predicted octanol–water partition coefficient (Wildman–Crippen LogP) is 0.421. The van der Waals surface area contributed by atoms with Gasteiger partial charge in [0.05, 0.1) is 5.75 Å². The van der Waals surface area contributed by atoms with Crippen LogP contribution in [0.3, 0.4) is 0 Å². The maximum Gasteiger partial charge on any atom is 0.258 e. The van der Waals surface area contributed by atoms with Gasteiger partial charge in [-0.3, -0.25) is 4.57 Å². The van der Waals surface area contributed by atoms with Crippen LogP contribution in [0.25, 0.3) is 0 Å². The van der Waals surface area contributed by atoms with Crippen LogP contribution in [-0.4, -0.2) is 34.6 Å². The molecule has 7 nitrogen and oxygen atoms in total. The van der Waals surface area contributed by atoms with E-state index in [-0.39, 0.29) is 23.9 Å². The van der Waals surface area contributed by atoms with E-state index < -0.39 is 15.7 Å². The van der Waals surface area contributed by atoms with Crippen molar-refractivity contribution in [1.82, 2.24) is 9.55 Å². The second kappa shape index (κ2) is 4.39. The molecule has 0 amide bonds.